The van der Waals surface area contributed by atoms with Crippen molar-refractivity contribution in [3.8, 4) is 16.9 Å². The predicted molar refractivity (Wildman–Crippen MR) is 139 cm³/mol. The average molecular weight is 533 g/mol. The van der Waals surface area contributed by atoms with Gasteiger partial charge >= 0.3 is 0 Å². The zero-order valence-corrected chi connectivity index (χ0v) is 21.3. The molecule has 36 heavy (non-hydrogen) atoms. The van der Waals surface area contributed by atoms with Crippen LogP contribution in [0.2, 0.25) is 10.0 Å². The first-order chi connectivity index (χ1) is 17.3. The lowest BCUT2D eigenvalue weighted by molar-refractivity contribution is 0.0383. The molecule has 4 rings (SSSR count). The van der Waals surface area contributed by atoms with Crippen molar-refractivity contribution in [1.29, 1.82) is 0 Å². The van der Waals surface area contributed by atoms with E-state index in [4.69, 9.17) is 38.4 Å². The lowest BCUT2D eigenvalue weighted by Gasteiger charge is -2.26. The summed E-state index contributed by atoms with van der Waals surface area (Å²) in [7, 11) is 0. The van der Waals surface area contributed by atoms with Crippen molar-refractivity contribution in [1.82, 2.24) is 15.2 Å². The number of nitrogens with one attached hydrogen (secondary N) is 1. The van der Waals surface area contributed by atoms with Gasteiger partial charge in [0.15, 0.2) is 11.6 Å². The number of nitrogens with two attached hydrogens (primary N) is 1. The van der Waals surface area contributed by atoms with Crippen LogP contribution >= 0.6 is 23.2 Å². The maximum atomic E-state index is 14.0. The van der Waals surface area contributed by atoms with Gasteiger partial charge in [0.1, 0.15) is 11.9 Å². The van der Waals surface area contributed by atoms with Crippen molar-refractivity contribution < 1.29 is 18.7 Å². The topological polar surface area (TPSA) is 89.7 Å². The molecule has 2 heterocycles. The molecule has 7 nitrogen and oxygen atoms in total. The Morgan fingerprint density at radius 2 is 2.00 bits per heavy atom. The van der Waals surface area contributed by atoms with Gasteiger partial charge in [-0.2, -0.15) is 0 Å². The van der Waals surface area contributed by atoms with Crippen LogP contribution in [0.25, 0.3) is 11.1 Å². The fraction of sp³-hybridized carbons (Fsp3) is 0.308. The minimum atomic E-state index is -0.691. The molecule has 1 unspecified atom stereocenters. The van der Waals surface area contributed by atoms with Gasteiger partial charge in [0, 0.05) is 54.1 Å². The molecule has 0 saturated carbocycles. The second-order valence-corrected chi connectivity index (χ2v) is 9.20. The summed E-state index contributed by atoms with van der Waals surface area (Å²) in [5, 5.41) is 3.14. The third-order valence-corrected chi connectivity index (χ3v) is 6.66. The standard InChI is InChI=1S/C26H27Cl2FN4O3/c1-16(23-20(27)5-6-21(29)24(23)28)36-22-14-19(15-32-25(22)30)17-3-2-4-18(13-17)26(34)31-7-8-33-9-11-35-12-10-33/h2-6,13-16H,7-12H2,1H3,(H2,30,32)(H,31,34). The number of anilines is 1. The van der Waals surface area contributed by atoms with E-state index in [-0.39, 0.29) is 27.5 Å². The molecule has 1 aromatic heterocycles. The van der Waals surface area contributed by atoms with Crippen LogP contribution < -0.4 is 15.8 Å². The Morgan fingerprint density at radius 3 is 2.78 bits per heavy atom. The molecule has 1 atom stereocenters. The van der Waals surface area contributed by atoms with Gasteiger partial charge in [-0.1, -0.05) is 35.3 Å². The Kier molecular flexibility index (Phi) is 8.64. The minimum Gasteiger partial charge on any atom is -0.482 e. The van der Waals surface area contributed by atoms with E-state index in [0.29, 0.717) is 23.2 Å². The Balaban J connectivity index is 1.47. The SMILES string of the molecule is CC(Oc1cc(-c2cccc(C(=O)NCCN3CCOCC3)c2)cnc1N)c1c(Cl)ccc(F)c1Cl. The van der Waals surface area contributed by atoms with E-state index in [1.807, 2.05) is 6.07 Å². The summed E-state index contributed by atoms with van der Waals surface area (Å²) in [5.41, 5.74) is 8.36. The highest BCUT2D eigenvalue weighted by Crippen LogP contribution is 2.37. The number of carbonyl (C=O) groups excluding carboxylic acids is 1. The molecule has 1 amide bonds. The van der Waals surface area contributed by atoms with Gasteiger partial charge < -0.3 is 20.5 Å². The summed E-state index contributed by atoms with van der Waals surface area (Å²) in [4.78, 5) is 19.2. The first-order valence-electron chi connectivity index (χ1n) is 11.6. The van der Waals surface area contributed by atoms with Crippen LogP contribution in [0, 0.1) is 5.82 Å². The number of amides is 1. The van der Waals surface area contributed by atoms with E-state index < -0.39 is 11.9 Å². The third-order valence-electron chi connectivity index (χ3n) is 5.95. The number of hydrogen-bond donors (Lipinski definition) is 2. The summed E-state index contributed by atoms with van der Waals surface area (Å²) in [6.45, 7) is 6.20. The number of rotatable bonds is 8. The van der Waals surface area contributed by atoms with Crippen LogP contribution in [-0.2, 0) is 4.74 Å². The number of nitrogen functional groups attached to an aromatic ring is 1. The normalized spacial score (nSPS) is 14.9. The lowest BCUT2D eigenvalue weighted by atomic mass is 10.0. The van der Waals surface area contributed by atoms with Crippen molar-refractivity contribution in [2.75, 3.05) is 45.1 Å². The second-order valence-electron chi connectivity index (χ2n) is 8.42. The van der Waals surface area contributed by atoms with E-state index in [1.54, 1.807) is 37.4 Å². The first kappa shape index (κ1) is 26.2. The number of nitrogens with zero attached hydrogens (tertiary/aromatic N) is 2. The zero-order chi connectivity index (χ0) is 25.7. The first-order valence-corrected chi connectivity index (χ1v) is 12.3. The fourth-order valence-corrected chi connectivity index (χ4v) is 4.64. The molecule has 0 radical (unpaired) electrons. The van der Waals surface area contributed by atoms with Gasteiger partial charge in [-0.25, -0.2) is 9.37 Å². The Bertz CT molecular complexity index is 1240. The van der Waals surface area contributed by atoms with Crippen LogP contribution in [0.4, 0.5) is 10.2 Å². The highest BCUT2D eigenvalue weighted by molar-refractivity contribution is 6.36. The molecule has 3 N–H and O–H groups in total. The van der Waals surface area contributed by atoms with Crippen LogP contribution in [0.15, 0.2) is 48.7 Å². The Morgan fingerprint density at radius 1 is 1.22 bits per heavy atom. The largest absolute Gasteiger partial charge is 0.482 e. The average Bonchev–Trinajstić information content (AvgIpc) is 2.88. The molecule has 0 aliphatic carbocycles. The molecule has 1 saturated heterocycles. The van der Waals surface area contributed by atoms with Crippen LogP contribution in [-0.4, -0.2) is 55.2 Å². The second kappa shape index (κ2) is 11.9. The Hall–Kier alpha value is -2.91. The van der Waals surface area contributed by atoms with E-state index >= 15 is 0 Å². The predicted octanol–water partition coefficient (Wildman–Crippen LogP) is 4.98. The van der Waals surface area contributed by atoms with Crippen molar-refractivity contribution in [3.63, 3.8) is 0 Å². The van der Waals surface area contributed by atoms with E-state index in [9.17, 15) is 9.18 Å². The molecule has 190 valence electrons. The zero-order valence-electron chi connectivity index (χ0n) is 19.8. The molecule has 1 aliphatic heterocycles. The number of carbonyl (C=O) groups is 1. The van der Waals surface area contributed by atoms with Crippen LogP contribution in [0.1, 0.15) is 28.9 Å². The smallest absolute Gasteiger partial charge is 0.251 e. The summed E-state index contributed by atoms with van der Waals surface area (Å²) in [6.07, 6.45) is 0.911. The summed E-state index contributed by atoms with van der Waals surface area (Å²) < 4.78 is 25.3. The lowest BCUT2D eigenvalue weighted by Crippen LogP contribution is -2.41. The third kappa shape index (κ3) is 6.25. The number of benzene rings is 2. The van der Waals surface area contributed by atoms with Gasteiger partial charge in [-0.15, -0.1) is 0 Å². The molecule has 1 fully saturated rings. The molecule has 2 aromatic carbocycles. The number of aromatic nitrogens is 1. The summed E-state index contributed by atoms with van der Waals surface area (Å²) in [6, 6.07) is 11.5. The minimum absolute atomic E-state index is 0.106. The quantitative estimate of drug-likeness (QED) is 0.397. The van der Waals surface area contributed by atoms with Crippen molar-refractivity contribution in [2.24, 2.45) is 0 Å². The van der Waals surface area contributed by atoms with Crippen molar-refractivity contribution in [2.45, 2.75) is 13.0 Å². The summed E-state index contributed by atoms with van der Waals surface area (Å²) >= 11 is 12.4. The maximum absolute atomic E-state index is 14.0. The molecule has 10 heteroatoms. The molecule has 0 spiro atoms. The van der Waals surface area contributed by atoms with Gasteiger partial charge in [0.25, 0.3) is 5.91 Å². The number of ether oxygens (including phenoxy) is 2. The monoisotopic (exact) mass is 532 g/mol. The summed E-state index contributed by atoms with van der Waals surface area (Å²) in [5.74, 6) is -0.302. The number of pyridine rings is 1. The maximum Gasteiger partial charge on any atom is 0.251 e. The highest BCUT2D eigenvalue weighted by Gasteiger charge is 2.20. The number of halogens is 3. The van der Waals surface area contributed by atoms with Gasteiger partial charge in [0.2, 0.25) is 0 Å². The molecule has 1 aliphatic rings. The van der Waals surface area contributed by atoms with Gasteiger partial charge in [0.05, 0.1) is 18.2 Å². The number of morpholine rings is 1. The van der Waals surface area contributed by atoms with Crippen LogP contribution in [0.3, 0.4) is 0 Å². The molecular weight excluding hydrogens is 506 g/mol. The molecule has 0 bridgehead atoms. The van der Waals surface area contributed by atoms with Crippen molar-refractivity contribution in [3.05, 3.63) is 75.7 Å². The number of hydrogen-bond acceptors (Lipinski definition) is 6. The van der Waals surface area contributed by atoms with E-state index in [0.717, 1.165) is 38.4 Å². The van der Waals surface area contributed by atoms with Crippen LogP contribution in [0.5, 0.6) is 5.75 Å². The highest BCUT2D eigenvalue weighted by atomic mass is 35.5. The molecular formula is C26H27Cl2FN4O3. The fourth-order valence-electron chi connectivity index (χ4n) is 3.97. The van der Waals surface area contributed by atoms with E-state index in [2.05, 4.69) is 15.2 Å². The Labute approximate surface area is 219 Å². The van der Waals surface area contributed by atoms with Gasteiger partial charge in [-0.3, -0.25) is 9.69 Å². The molecule has 3 aromatic rings. The van der Waals surface area contributed by atoms with Gasteiger partial charge in [-0.05, 0) is 42.8 Å². The van der Waals surface area contributed by atoms with Crippen molar-refractivity contribution >= 4 is 34.9 Å². The van der Waals surface area contributed by atoms with E-state index in [1.165, 1.54) is 12.1 Å².